The van der Waals surface area contributed by atoms with Crippen LogP contribution in [0.3, 0.4) is 0 Å². The molecule has 4 nitrogen and oxygen atoms in total. The summed E-state index contributed by atoms with van der Waals surface area (Å²) in [5.74, 6) is 0.573. The molecule has 3 heterocycles. The van der Waals surface area contributed by atoms with Gasteiger partial charge in [0.05, 0.1) is 5.69 Å². The van der Waals surface area contributed by atoms with Gasteiger partial charge < -0.3 is 15.0 Å². The topological polar surface area (TPSA) is 46.6 Å². The van der Waals surface area contributed by atoms with Crippen molar-refractivity contribution in [1.82, 2.24) is 14.3 Å². The molecule has 102 valence electrons. The monoisotopic (exact) mass is 258 g/mol. The van der Waals surface area contributed by atoms with Crippen LogP contribution < -0.4 is 5.73 Å². The second kappa shape index (κ2) is 4.94. The van der Waals surface area contributed by atoms with Gasteiger partial charge in [-0.15, -0.1) is 0 Å². The summed E-state index contributed by atoms with van der Waals surface area (Å²) in [7, 11) is 0. The van der Waals surface area contributed by atoms with Crippen molar-refractivity contribution >= 4 is 5.65 Å². The molecule has 3 rings (SSSR count). The number of likely N-dealkylation sites (tertiary alicyclic amines) is 1. The molecular weight excluding hydrogens is 236 g/mol. The van der Waals surface area contributed by atoms with Gasteiger partial charge in [-0.1, -0.05) is 6.07 Å². The zero-order valence-electron chi connectivity index (χ0n) is 11.7. The fraction of sp³-hybridized carbons (Fsp3) is 0.533. The van der Waals surface area contributed by atoms with Gasteiger partial charge in [-0.2, -0.15) is 0 Å². The third kappa shape index (κ3) is 2.38. The highest BCUT2D eigenvalue weighted by atomic mass is 15.2. The van der Waals surface area contributed by atoms with Crippen LogP contribution in [0.2, 0.25) is 0 Å². The van der Waals surface area contributed by atoms with E-state index in [-0.39, 0.29) is 0 Å². The van der Waals surface area contributed by atoms with E-state index in [4.69, 9.17) is 10.7 Å². The molecule has 0 spiro atoms. The predicted molar refractivity (Wildman–Crippen MR) is 77.2 cm³/mol. The number of aromatic nitrogens is 2. The van der Waals surface area contributed by atoms with E-state index < -0.39 is 0 Å². The smallest absolute Gasteiger partial charge is 0.137 e. The molecule has 1 saturated heterocycles. The SMILES string of the molecule is CC(C)N1CCC(c2cn3cc(CN)ccc3n2)C1. The third-order valence-electron chi connectivity index (χ3n) is 4.13. The summed E-state index contributed by atoms with van der Waals surface area (Å²) in [6, 6.07) is 4.74. The summed E-state index contributed by atoms with van der Waals surface area (Å²) in [6.07, 6.45) is 5.47. The minimum atomic E-state index is 0.573. The average Bonchev–Trinajstić information content (AvgIpc) is 3.04. The van der Waals surface area contributed by atoms with E-state index in [1.807, 2.05) is 0 Å². The van der Waals surface area contributed by atoms with Gasteiger partial charge in [-0.25, -0.2) is 4.98 Å². The maximum absolute atomic E-state index is 5.68. The average molecular weight is 258 g/mol. The number of imidazole rings is 1. The first-order chi connectivity index (χ1) is 9.17. The predicted octanol–water partition coefficient (Wildman–Crippen LogP) is 1.99. The number of hydrogen-bond donors (Lipinski definition) is 1. The van der Waals surface area contributed by atoms with Crippen molar-refractivity contribution in [3.63, 3.8) is 0 Å². The van der Waals surface area contributed by atoms with Crippen LogP contribution in [0.25, 0.3) is 5.65 Å². The molecule has 2 aromatic heterocycles. The zero-order valence-corrected chi connectivity index (χ0v) is 11.7. The van der Waals surface area contributed by atoms with Crippen LogP contribution in [-0.4, -0.2) is 33.4 Å². The van der Waals surface area contributed by atoms with Crippen LogP contribution >= 0.6 is 0 Å². The molecule has 0 radical (unpaired) electrons. The summed E-state index contributed by atoms with van der Waals surface area (Å²) in [5, 5.41) is 0. The number of rotatable bonds is 3. The Kier molecular flexibility index (Phi) is 3.29. The molecule has 1 aliphatic rings. The standard InChI is InChI=1S/C15H22N4/c1-11(2)18-6-5-13(9-18)14-10-19-8-12(7-16)3-4-15(19)17-14/h3-4,8,10-11,13H,5-7,9,16H2,1-2H3. The Morgan fingerprint density at radius 3 is 2.89 bits per heavy atom. The van der Waals surface area contributed by atoms with Crippen LogP contribution in [-0.2, 0) is 6.54 Å². The molecule has 0 bridgehead atoms. The fourth-order valence-corrected chi connectivity index (χ4v) is 2.87. The van der Waals surface area contributed by atoms with E-state index in [2.05, 4.69) is 47.7 Å². The third-order valence-corrected chi connectivity index (χ3v) is 4.13. The molecule has 19 heavy (non-hydrogen) atoms. The molecule has 0 aliphatic carbocycles. The number of nitrogens with zero attached hydrogens (tertiary/aromatic N) is 3. The van der Waals surface area contributed by atoms with Crippen LogP contribution in [0.5, 0.6) is 0 Å². The number of nitrogens with two attached hydrogens (primary N) is 1. The van der Waals surface area contributed by atoms with E-state index in [0.29, 0.717) is 18.5 Å². The number of pyridine rings is 1. The minimum absolute atomic E-state index is 0.573. The van der Waals surface area contributed by atoms with Gasteiger partial charge in [-0.05, 0) is 38.4 Å². The molecule has 4 heteroatoms. The quantitative estimate of drug-likeness (QED) is 0.916. The minimum Gasteiger partial charge on any atom is -0.326 e. The Balaban J connectivity index is 1.86. The molecule has 1 unspecified atom stereocenters. The first-order valence-electron chi connectivity index (χ1n) is 7.09. The maximum Gasteiger partial charge on any atom is 0.137 e. The number of hydrogen-bond acceptors (Lipinski definition) is 3. The summed E-state index contributed by atoms with van der Waals surface area (Å²) in [5.41, 5.74) is 9.07. The lowest BCUT2D eigenvalue weighted by Crippen LogP contribution is -2.27. The highest BCUT2D eigenvalue weighted by Gasteiger charge is 2.27. The van der Waals surface area contributed by atoms with Crippen LogP contribution in [0.4, 0.5) is 0 Å². The van der Waals surface area contributed by atoms with Gasteiger partial charge in [0.1, 0.15) is 5.65 Å². The van der Waals surface area contributed by atoms with Gasteiger partial charge in [0.15, 0.2) is 0 Å². The number of fused-ring (bicyclic) bond motifs is 1. The van der Waals surface area contributed by atoms with Crippen molar-refractivity contribution in [2.45, 2.75) is 38.8 Å². The molecular formula is C15H22N4. The lowest BCUT2D eigenvalue weighted by atomic mass is 10.1. The molecule has 2 aromatic rings. The normalized spacial score (nSPS) is 20.7. The molecule has 0 saturated carbocycles. The second-order valence-electron chi connectivity index (χ2n) is 5.75. The second-order valence-corrected chi connectivity index (χ2v) is 5.75. The Morgan fingerprint density at radius 1 is 1.37 bits per heavy atom. The van der Waals surface area contributed by atoms with Crippen LogP contribution in [0.1, 0.15) is 37.4 Å². The Morgan fingerprint density at radius 2 is 2.21 bits per heavy atom. The summed E-state index contributed by atoms with van der Waals surface area (Å²) in [4.78, 5) is 7.29. The molecule has 0 amide bonds. The van der Waals surface area contributed by atoms with Gasteiger partial charge in [-0.3, -0.25) is 0 Å². The van der Waals surface area contributed by atoms with Gasteiger partial charge >= 0.3 is 0 Å². The maximum atomic E-state index is 5.68. The van der Waals surface area contributed by atoms with Crippen molar-refractivity contribution in [2.24, 2.45) is 5.73 Å². The first-order valence-corrected chi connectivity index (χ1v) is 7.09. The van der Waals surface area contributed by atoms with Crippen molar-refractivity contribution in [3.05, 3.63) is 35.8 Å². The highest BCUT2D eigenvalue weighted by Crippen LogP contribution is 2.27. The summed E-state index contributed by atoms with van der Waals surface area (Å²) < 4.78 is 2.11. The Hall–Kier alpha value is -1.39. The van der Waals surface area contributed by atoms with Crippen molar-refractivity contribution in [1.29, 1.82) is 0 Å². The first kappa shape index (κ1) is 12.6. The van der Waals surface area contributed by atoms with Crippen molar-refractivity contribution in [2.75, 3.05) is 13.1 Å². The Labute approximate surface area is 114 Å². The van der Waals surface area contributed by atoms with Gasteiger partial charge in [0.25, 0.3) is 0 Å². The van der Waals surface area contributed by atoms with E-state index in [9.17, 15) is 0 Å². The molecule has 1 aliphatic heterocycles. The molecule has 0 aromatic carbocycles. The Bertz CT molecular complexity index is 573. The van der Waals surface area contributed by atoms with Crippen molar-refractivity contribution < 1.29 is 0 Å². The largest absolute Gasteiger partial charge is 0.326 e. The van der Waals surface area contributed by atoms with Gasteiger partial charge in [0, 0.05) is 37.4 Å². The zero-order chi connectivity index (χ0) is 13.4. The van der Waals surface area contributed by atoms with E-state index in [1.165, 1.54) is 18.7 Å². The van der Waals surface area contributed by atoms with E-state index in [1.54, 1.807) is 0 Å². The van der Waals surface area contributed by atoms with E-state index >= 15 is 0 Å². The fourth-order valence-electron chi connectivity index (χ4n) is 2.87. The molecule has 1 fully saturated rings. The van der Waals surface area contributed by atoms with Crippen molar-refractivity contribution in [3.8, 4) is 0 Å². The van der Waals surface area contributed by atoms with Gasteiger partial charge in [0.2, 0.25) is 0 Å². The van der Waals surface area contributed by atoms with Crippen LogP contribution in [0.15, 0.2) is 24.5 Å². The molecule has 2 N–H and O–H groups in total. The molecule has 1 atom stereocenters. The van der Waals surface area contributed by atoms with E-state index in [0.717, 1.165) is 17.8 Å². The lowest BCUT2D eigenvalue weighted by molar-refractivity contribution is 0.272. The highest BCUT2D eigenvalue weighted by molar-refractivity contribution is 5.42. The van der Waals surface area contributed by atoms with Crippen LogP contribution in [0, 0.1) is 0 Å². The summed E-state index contributed by atoms with van der Waals surface area (Å²) in [6.45, 7) is 7.42. The lowest BCUT2D eigenvalue weighted by Gasteiger charge is -2.19. The summed E-state index contributed by atoms with van der Waals surface area (Å²) >= 11 is 0.